The number of carbonyl (C=O) groups is 1. The van der Waals surface area contributed by atoms with Crippen molar-refractivity contribution < 1.29 is 9.53 Å². The molecule has 2 aromatic carbocycles. The van der Waals surface area contributed by atoms with Gasteiger partial charge in [-0.2, -0.15) is 0 Å². The molecular weight excluding hydrogens is 312 g/mol. The fourth-order valence-corrected chi connectivity index (χ4v) is 3.59. The number of para-hydroxylation sites is 3. The molecule has 1 aliphatic heterocycles. The molecule has 4 heteroatoms. The van der Waals surface area contributed by atoms with Crippen molar-refractivity contribution in [3.8, 4) is 5.75 Å². The fraction of sp³-hybridized carbons (Fsp3) is 0.381. The van der Waals surface area contributed by atoms with Gasteiger partial charge in [0.25, 0.3) is 5.91 Å². The minimum absolute atomic E-state index is 0.00212. The number of aryl methyl sites for hydroxylation is 2. The van der Waals surface area contributed by atoms with Crippen LogP contribution in [0.1, 0.15) is 25.0 Å². The maximum absolute atomic E-state index is 12.9. The summed E-state index contributed by atoms with van der Waals surface area (Å²) in [6, 6.07) is 14.4. The summed E-state index contributed by atoms with van der Waals surface area (Å²) in [4.78, 5) is 17.1. The third kappa shape index (κ3) is 3.34. The van der Waals surface area contributed by atoms with E-state index in [9.17, 15) is 4.79 Å². The van der Waals surface area contributed by atoms with E-state index in [-0.39, 0.29) is 18.6 Å². The highest BCUT2D eigenvalue weighted by Crippen LogP contribution is 2.35. The molecule has 0 spiro atoms. The first-order chi connectivity index (χ1) is 12.0. The molecular formula is C21H26N2O2. The van der Waals surface area contributed by atoms with Crippen LogP contribution >= 0.6 is 0 Å². The van der Waals surface area contributed by atoms with Gasteiger partial charge in [0.15, 0.2) is 6.61 Å². The number of hydrogen-bond donors (Lipinski definition) is 0. The topological polar surface area (TPSA) is 32.8 Å². The number of fused-ring (bicyclic) bond motifs is 1. The van der Waals surface area contributed by atoms with E-state index in [4.69, 9.17) is 4.74 Å². The Balaban J connectivity index is 1.80. The molecule has 0 saturated carbocycles. The van der Waals surface area contributed by atoms with E-state index < -0.39 is 0 Å². The molecule has 132 valence electrons. The van der Waals surface area contributed by atoms with Crippen molar-refractivity contribution in [2.45, 2.75) is 33.7 Å². The van der Waals surface area contributed by atoms with Crippen molar-refractivity contribution in [3.63, 3.8) is 0 Å². The van der Waals surface area contributed by atoms with Gasteiger partial charge in [0.1, 0.15) is 5.75 Å². The summed E-state index contributed by atoms with van der Waals surface area (Å²) >= 11 is 0. The molecule has 0 radical (unpaired) electrons. The number of benzene rings is 2. The Morgan fingerprint density at radius 2 is 1.72 bits per heavy atom. The third-order valence-corrected chi connectivity index (χ3v) is 4.85. The SMILES string of the molecule is CCN1c2ccccc2N(C(=O)COc2c(C)cccc2C)CC1C. The van der Waals surface area contributed by atoms with Gasteiger partial charge in [-0.3, -0.25) is 4.79 Å². The number of carbonyl (C=O) groups excluding carboxylic acids is 1. The van der Waals surface area contributed by atoms with E-state index >= 15 is 0 Å². The highest BCUT2D eigenvalue weighted by Gasteiger charge is 2.30. The molecule has 1 atom stereocenters. The summed E-state index contributed by atoms with van der Waals surface area (Å²) in [6.45, 7) is 9.98. The lowest BCUT2D eigenvalue weighted by atomic mass is 10.1. The van der Waals surface area contributed by atoms with Crippen molar-refractivity contribution >= 4 is 17.3 Å². The number of nitrogens with zero attached hydrogens (tertiary/aromatic N) is 2. The summed E-state index contributed by atoms with van der Waals surface area (Å²) < 4.78 is 5.88. The van der Waals surface area contributed by atoms with Crippen LogP contribution in [0.2, 0.25) is 0 Å². The van der Waals surface area contributed by atoms with Crippen LogP contribution in [-0.2, 0) is 4.79 Å². The van der Waals surface area contributed by atoms with Gasteiger partial charge in [-0.15, -0.1) is 0 Å². The number of hydrogen-bond acceptors (Lipinski definition) is 3. The molecule has 0 aliphatic carbocycles. The predicted molar refractivity (Wildman–Crippen MR) is 103 cm³/mol. The first-order valence-electron chi connectivity index (χ1n) is 8.88. The Hall–Kier alpha value is -2.49. The smallest absolute Gasteiger partial charge is 0.265 e. The number of rotatable bonds is 4. The van der Waals surface area contributed by atoms with E-state index in [2.05, 4.69) is 24.8 Å². The summed E-state index contributed by atoms with van der Waals surface area (Å²) in [6.07, 6.45) is 0. The molecule has 0 N–H and O–H groups in total. The number of ether oxygens (including phenoxy) is 1. The van der Waals surface area contributed by atoms with Crippen LogP contribution in [0.15, 0.2) is 42.5 Å². The lowest BCUT2D eigenvalue weighted by molar-refractivity contribution is -0.120. The highest BCUT2D eigenvalue weighted by atomic mass is 16.5. The van der Waals surface area contributed by atoms with Crippen LogP contribution < -0.4 is 14.5 Å². The molecule has 1 aliphatic rings. The van der Waals surface area contributed by atoms with E-state index in [1.807, 2.05) is 55.1 Å². The molecule has 0 aromatic heterocycles. The average Bonchev–Trinajstić information content (AvgIpc) is 2.60. The van der Waals surface area contributed by atoms with Crippen molar-refractivity contribution in [2.75, 3.05) is 29.5 Å². The molecule has 0 bridgehead atoms. The first kappa shape index (κ1) is 17.3. The zero-order chi connectivity index (χ0) is 18.0. The Morgan fingerprint density at radius 1 is 1.08 bits per heavy atom. The number of likely N-dealkylation sites (N-methyl/N-ethyl adjacent to an activating group) is 1. The summed E-state index contributed by atoms with van der Waals surface area (Å²) in [5.41, 5.74) is 4.19. The zero-order valence-electron chi connectivity index (χ0n) is 15.5. The maximum atomic E-state index is 12.9. The van der Waals surface area contributed by atoms with Gasteiger partial charge in [-0.25, -0.2) is 0 Å². The van der Waals surface area contributed by atoms with Gasteiger partial charge in [-0.1, -0.05) is 30.3 Å². The van der Waals surface area contributed by atoms with E-state index in [0.29, 0.717) is 6.54 Å². The molecule has 4 nitrogen and oxygen atoms in total. The Bertz CT molecular complexity index is 752. The van der Waals surface area contributed by atoms with Gasteiger partial charge in [0.05, 0.1) is 11.4 Å². The molecule has 0 fully saturated rings. The minimum Gasteiger partial charge on any atom is -0.483 e. The van der Waals surface area contributed by atoms with Crippen molar-refractivity contribution in [3.05, 3.63) is 53.6 Å². The zero-order valence-corrected chi connectivity index (χ0v) is 15.5. The Morgan fingerprint density at radius 3 is 2.36 bits per heavy atom. The van der Waals surface area contributed by atoms with Crippen LogP contribution in [0.3, 0.4) is 0 Å². The van der Waals surface area contributed by atoms with E-state index in [0.717, 1.165) is 34.8 Å². The molecule has 1 unspecified atom stereocenters. The van der Waals surface area contributed by atoms with Crippen LogP contribution in [-0.4, -0.2) is 31.6 Å². The average molecular weight is 338 g/mol. The second kappa shape index (κ2) is 7.18. The Labute approximate surface area is 150 Å². The molecule has 0 saturated heterocycles. The van der Waals surface area contributed by atoms with Gasteiger partial charge < -0.3 is 14.5 Å². The number of amides is 1. The van der Waals surface area contributed by atoms with Crippen LogP contribution in [0.5, 0.6) is 5.75 Å². The first-order valence-corrected chi connectivity index (χ1v) is 8.88. The van der Waals surface area contributed by atoms with Gasteiger partial charge in [0.2, 0.25) is 0 Å². The van der Waals surface area contributed by atoms with Crippen LogP contribution in [0.4, 0.5) is 11.4 Å². The lowest BCUT2D eigenvalue weighted by Crippen LogP contribution is -2.50. The second-order valence-electron chi connectivity index (χ2n) is 6.64. The van der Waals surface area contributed by atoms with Gasteiger partial charge in [-0.05, 0) is 51.0 Å². The normalized spacial score (nSPS) is 16.6. The van der Waals surface area contributed by atoms with Gasteiger partial charge >= 0.3 is 0 Å². The van der Waals surface area contributed by atoms with Crippen molar-refractivity contribution in [1.29, 1.82) is 0 Å². The Kier molecular flexibility index (Phi) is 4.98. The summed E-state index contributed by atoms with van der Waals surface area (Å²) in [7, 11) is 0. The monoisotopic (exact) mass is 338 g/mol. The third-order valence-electron chi connectivity index (χ3n) is 4.85. The second-order valence-corrected chi connectivity index (χ2v) is 6.64. The quantitative estimate of drug-likeness (QED) is 0.846. The van der Waals surface area contributed by atoms with Gasteiger partial charge in [0, 0.05) is 19.1 Å². The van der Waals surface area contributed by atoms with Crippen LogP contribution in [0.25, 0.3) is 0 Å². The summed E-state index contributed by atoms with van der Waals surface area (Å²) in [5.74, 6) is 0.807. The fourth-order valence-electron chi connectivity index (χ4n) is 3.59. The predicted octanol–water partition coefficient (Wildman–Crippen LogP) is 3.94. The van der Waals surface area contributed by atoms with Crippen LogP contribution in [0, 0.1) is 13.8 Å². The van der Waals surface area contributed by atoms with Crippen molar-refractivity contribution in [2.24, 2.45) is 0 Å². The minimum atomic E-state index is -0.00212. The molecule has 1 heterocycles. The number of anilines is 2. The summed E-state index contributed by atoms with van der Waals surface area (Å²) in [5, 5.41) is 0. The molecule has 1 amide bonds. The van der Waals surface area contributed by atoms with Crippen molar-refractivity contribution in [1.82, 2.24) is 0 Å². The highest BCUT2D eigenvalue weighted by molar-refractivity contribution is 5.99. The van der Waals surface area contributed by atoms with E-state index in [1.165, 1.54) is 0 Å². The molecule has 2 aromatic rings. The standard InChI is InChI=1S/C21H26N2O2/c1-5-22-17(4)13-23(19-12-7-6-11-18(19)22)20(24)14-25-21-15(2)9-8-10-16(21)3/h6-12,17H,5,13-14H2,1-4H3. The maximum Gasteiger partial charge on any atom is 0.265 e. The van der Waals surface area contributed by atoms with E-state index in [1.54, 1.807) is 0 Å². The molecule has 25 heavy (non-hydrogen) atoms. The largest absolute Gasteiger partial charge is 0.483 e. The molecule has 3 rings (SSSR count). The lowest BCUT2D eigenvalue weighted by Gasteiger charge is -2.42.